The van der Waals surface area contributed by atoms with Crippen LogP contribution in [0.4, 0.5) is 5.13 Å². The summed E-state index contributed by atoms with van der Waals surface area (Å²) < 4.78 is 1.77. The highest BCUT2D eigenvalue weighted by Crippen LogP contribution is 2.28. The Morgan fingerprint density at radius 2 is 2.00 bits per heavy atom. The van der Waals surface area contributed by atoms with E-state index >= 15 is 0 Å². The highest BCUT2D eigenvalue weighted by Gasteiger charge is 2.13. The highest BCUT2D eigenvalue weighted by atomic mass is 32.2. The Labute approximate surface area is 169 Å². The fourth-order valence-electron chi connectivity index (χ4n) is 2.53. The molecule has 2 N–H and O–H groups in total. The predicted molar refractivity (Wildman–Crippen MR) is 110 cm³/mol. The molecule has 0 fully saturated rings. The second kappa shape index (κ2) is 8.98. The summed E-state index contributed by atoms with van der Waals surface area (Å²) in [4.78, 5) is 38.5. The number of aromatic nitrogens is 4. The van der Waals surface area contributed by atoms with Crippen LogP contribution in [-0.4, -0.2) is 25.7 Å². The summed E-state index contributed by atoms with van der Waals surface area (Å²) in [5.41, 5.74) is 1.24. The summed E-state index contributed by atoms with van der Waals surface area (Å²) in [5, 5.41) is 11.2. The average Bonchev–Trinajstić information content (AvgIpc) is 3.12. The Kier molecular flexibility index (Phi) is 6.42. The van der Waals surface area contributed by atoms with Gasteiger partial charge in [-0.05, 0) is 18.9 Å². The normalized spacial score (nSPS) is 10.8. The molecule has 2 aromatic heterocycles. The van der Waals surface area contributed by atoms with E-state index in [-0.39, 0.29) is 24.3 Å². The van der Waals surface area contributed by atoms with Crippen molar-refractivity contribution in [1.82, 2.24) is 19.7 Å². The third-order valence-electron chi connectivity index (χ3n) is 4.07. The van der Waals surface area contributed by atoms with Gasteiger partial charge >= 0.3 is 5.69 Å². The first kappa shape index (κ1) is 20.0. The third kappa shape index (κ3) is 4.96. The number of hydrogen-bond acceptors (Lipinski definition) is 7. The molecule has 0 aliphatic carbocycles. The molecule has 0 saturated carbocycles. The first-order valence-electron chi connectivity index (χ1n) is 8.53. The van der Waals surface area contributed by atoms with E-state index in [1.165, 1.54) is 23.9 Å². The van der Waals surface area contributed by atoms with E-state index in [4.69, 9.17) is 0 Å². The van der Waals surface area contributed by atoms with Crippen molar-refractivity contribution in [2.24, 2.45) is 7.05 Å². The minimum atomic E-state index is -0.468. The number of anilines is 1. The van der Waals surface area contributed by atoms with E-state index in [0.29, 0.717) is 16.4 Å². The van der Waals surface area contributed by atoms with Gasteiger partial charge in [0.1, 0.15) is 0 Å². The molecule has 3 aromatic rings. The Morgan fingerprint density at radius 3 is 2.75 bits per heavy atom. The lowest BCUT2D eigenvalue weighted by atomic mass is 10.1. The Bertz CT molecular complexity index is 1090. The number of H-pyrrole nitrogens is 1. The van der Waals surface area contributed by atoms with Gasteiger partial charge in [0.05, 0.1) is 0 Å². The summed E-state index contributed by atoms with van der Waals surface area (Å²) in [6.45, 7) is 1.65. The maximum absolute atomic E-state index is 12.2. The number of amides is 1. The average molecular weight is 418 g/mol. The number of aromatic amines is 1. The molecule has 0 aliphatic heterocycles. The van der Waals surface area contributed by atoms with E-state index in [1.54, 1.807) is 18.7 Å². The van der Waals surface area contributed by atoms with Gasteiger partial charge in [0.25, 0.3) is 5.56 Å². The topological polar surface area (TPSA) is 110 Å². The van der Waals surface area contributed by atoms with Gasteiger partial charge in [0, 0.05) is 30.5 Å². The minimum absolute atomic E-state index is 0.105. The van der Waals surface area contributed by atoms with Gasteiger partial charge in [0.15, 0.2) is 4.34 Å². The van der Waals surface area contributed by atoms with Crippen LogP contribution in [0.2, 0.25) is 0 Å². The summed E-state index contributed by atoms with van der Waals surface area (Å²) in [6, 6.07) is 10.0. The van der Waals surface area contributed by atoms with E-state index < -0.39 is 5.69 Å². The number of nitrogens with zero attached hydrogens (tertiary/aromatic N) is 3. The lowest BCUT2D eigenvalue weighted by molar-refractivity contribution is -0.116. The molecule has 1 aromatic carbocycles. The summed E-state index contributed by atoms with van der Waals surface area (Å²) in [5.74, 6) is 0.515. The van der Waals surface area contributed by atoms with E-state index in [9.17, 15) is 14.4 Å². The SMILES string of the molecule is Cc1[nH]c(=O)n(C)c(=O)c1CCC(=O)Nc1nnc(SCc2ccccc2)s1. The molecular formula is C18H19N5O3S2. The third-order valence-corrected chi connectivity index (χ3v) is 6.12. The second-order valence-electron chi connectivity index (χ2n) is 6.09. The number of thioether (sulfide) groups is 1. The molecule has 0 atom stereocenters. The molecule has 8 nitrogen and oxygen atoms in total. The summed E-state index contributed by atoms with van der Waals surface area (Å²) >= 11 is 2.86. The van der Waals surface area contributed by atoms with Crippen molar-refractivity contribution in [2.45, 2.75) is 29.9 Å². The molecule has 3 rings (SSSR count). The zero-order chi connectivity index (χ0) is 20.1. The smallest absolute Gasteiger partial charge is 0.311 e. The van der Waals surface area contributed by atoms with Crippen LogP contribution in [0.3, 0.4) is 0 Å². The number of nitrogens with one attached hydrogen (secondary N) is 2. The number of carbonyl (C=O) groups is 1. The molecule has 0 unspecified atom stereocenters. The maximum Gasteiger partial charge on any atom is 0.328 e. The number of carbonyl (C=O) groups excluding carboxylic acids is 1. The number of rotatable bonds is 7. The van der Waals surface area contributed by atoms with Crippen LogP contribution in [0.5, 0.6) is 0 Å². The first-order valence-corrected chi connectivity index (χ1v) is 10.3. The van der Waals surface area contributed by atoms with Crippen LogP contribution in [0.25, 0.3) is 0 Å². The van der Waals surface area contributed by atoms with Gasteiger partial charge in [-0.15, -0.1) is 10.2 Å². The molecule has 2 heterocycles. The van der Waals surface area contributed by atoms with Crippen molar-refractivity contribution in [1.29, 1.82) is 0 Å². The zero-order valence-electron chi connectivity index (χ0n) is 15.4. The van der Waals surface area contributed by atoms with Crippen LogP contribution < -0.4 is 16.6 Å². The molecule has 0 bridgehead atoms. The lowest BCUT2D eigenvalue weighted by Crippen LogP contribution is -2.36. The molecule has 146 valence electrons. The van der Waals surface area contributed by atoms with Crippen LogP contribution in [-0.2, 0) is 24.0 Å². The van der Waals surface area contributed by atoms with Crippen molar-refractivity contribution in [2.75, 3.05) is 5.32 Å². The standard InChI is InChI=1S/C18H19N5O3S2/c1-11-13(15(25)23(2)17(26)19-11)8-9-14(24)20-16-21-22-18(28-16)27-10-12-6-4-3-5-7-12/h3-7H,8-10H2,1-2H3,(H,19,26)(H,20,21,24). The number of benzene rings is 1. The minimum Gasteiger partial charge on any atom is -0.311 e. The summed E-state index contributed by atoms with van der Waals surface area (Å²) in [6.07, 6.45) is 0.337. The van der Waals surface area contributed by atoms with Crippen LogP contribution in [0.1, 0.15) is 23.2 Å². The van der Waals surface area contributed by atoms with Gasteiger partial charge in [-0.25, -0.2) is 4.79 Å². The summed E-state index contributed by atoms with van der Waals surface area (Å²) in [7, 11) is 1.40. The molecule has 28 heavy (non-hydrogen) atoms. The Hall–Kier alpha value is -2.72. The monoisotopic (exact) mass is 417 g/mol. The van der Waals surface area contributed by atoms with Crippen molar-refractivity contribution < 1.29 is 4.79 Å². The van der Waals surface area contributed by atoms with Crippen molar-refractivity contribution in [3.05, 3.63) is 68.0 Å². The van der Waals surface area contributed by atoms with Crippen LogP contribution >= 0.6 is 23.1 Å². The van der Waals surface area contributed by atoms with E-state index in [1.807, 2.05) is 30.3 Å². The number of aryl methyl sites for hydroxylation is 1. The predicted octanol–water partition coefficient (Wildman–Crippen LogP) is 2.10. The van der Waals surface area contributed by atoms with Crippen molar-refractivity contribution >= 4 is 34.1 Å². The van der Waals surface area contributed by atoms with Gasteiger partial charge in [-0.2, -0.15) is 0 Å². The lowest BCUT2D eigenvalue weighted by Gasteiger charge is -2.06. The van der Waals surface area contributed by atoms with Crippen molar-refractivity contribution in [3.8, 4) is 0 Å². The van der Waals surface area contributed by atoms with Gasteiger partial charge in [0.2, 0.25) is 11.0 Å². The maximum atomic E-state index is 12.2. The fourth-order valence-corrected chi connectivity index (χ4v) is 4.25. The molecule has 0 radical (unpaired) electrons. The molecule has 1 amide bonds. The van der Waals surface area contributed by atoms with Crippen LogP contribution in [0, 0.1) is 6.92 Å². The van der Waals surface area contributed by atoms with Gasteiger partial charge in [-0.1, -0.05) is 53.4 Å². The molecule has 10 heteroatoms. The van der Waals surface area contributed by atoms with Gasteiger partial charge < -0.3 is 10.3 Å². The Balaban J connectivity index is 1.55. The highest BCUT2D eigenvalue weighted by molar-refractivity contribution is 8.00. The largest absolute Gasteiger partial charge is 0.328 e. The van der Waals surface area contributed by atoms with Crippen molar-refractivity contribution in [3.63, 3.8) is 0 Å². The first-order chi connectivity index (χ1) is 13.4. The zero-order valence-corrected chi connectivity index (χ0v) is 17.0. The van der Waals surface area contributed by atoms with E-state index in [0.717, 1.165) is 14.7 Å². The molecule has 0 saturated heterocycles. The molecule has 0 spiro atoms. The van der Waals surface area contributed by atoms with Crippen LogP contribution in [0.15, 0.2) is 44.3 Å². The number of hydrogen-bond donors (Lipinski definition) is 2. The molecular weight excluding hydrogens is 398 g/mol. The fraction of sp³-hybridized carbons (Fsp3) is 0.278. The molecule has 0 aliphatic rings. The van der Waals surface area contributed by atoms with Gasteiger partial charge in [-0.3, -0.25) is 14.2 Å². The second-order valence-corrected chi connectivity index (χ2v) is 8.29. The quantitative estimate of drug-likeness (QED) is 0.450. The Morgan fingerprint density at radius 1 is 1.25 bits per heavy atom. The van der Waals surface area contributed by atoms with E-state index in [2.05, 4.69) is 20.5 Å².